The van der Waals surface area contributed by atoms with Crippen molar-refractivity contribution in [2.75, 3.05) is 7.05 Å². The Balaban J connectivity index is 0.000000641. The van der Waals surface area contributed by atoms with Gasteiger partial charge in [0.2, 0.25) is 0 Å². The summed E-state index contributed by atoms with van der Waals surface area (Å²) < 4.78 is 30.9. The third-order valence-corrected chi connectivity index (χ3v) is 12.1. The molecule has 10 radical (unpaired) electrons. The van der Waals surface area contributed by atoms with Gasteiger partial charge in [0, 0.05) is 25.7 Å². The van der Waals surface area contributed by atoms with Crippen LogP contribution in [0.5, 0.6) is 0 Å². The molecular formula is C37H33F2FeNP2+2. The van der Waals surface area contributed by atoms with E-state index in [-0.39, 0.29) is 34.7 Å². The van der Waals surface area contributed by atoms with Crippen molar-refractivity contribution in [1.82, 2.24) is 4.67 Å². The first-order chi connectivity index (χ1) is 20.5. The van der Waals surface area contributed by atoms with Crippen molar-refractivity contribution in [3.8, 4) is 0 Å². The second-order valence-corrected chi connectivity index (χ2v) is 14.3. The molecule has 6 rings (SSSR count). The Bertz CT molecular complexity index is 1290. The number of hydrogen-bond acceptors (Lipinski definition) is 1. The zero-order valence-corrected chi connectivity index (χ0v) is 26.9. The molecule has 4 aromatic carbocycles. The summed E-state index contributed by atoms with van der Waals surface area (Å²) in [7, 11) is 0.133. The van der Waals surface area contributed by atoms with Gasteiger partial charge in [-0.15, -0.1) is 0 Å². The Morgan fingerprint density at radius 1 is 0.558 bits per heavy atom. The molecule has 0 bridgehead atoms. The van der Waals surface area contributed by atoms with E-state index < -0.39 is 16.0 Å². The summed E-state index contributed by atoms with van der Waals surface area (Å²) in [5, 5.41) is 4.31. The molecule has 0 amide bonds. The second kappa shape index (κ2) is 17.0. The molecule has 4 aromatic rings. The van der Waals surface area contributed by atoms with E-state index in [4.69, 9.17) is 0 Å². The standard InChI is InChI=1S/C32H28F2NP2.C5H5.Fe/c1-24(35(2)37(29-18-9-12-25(33)22-29)30-19-10-13-26(34)23-30)31-20-11-21-32(31)36(27-14-5-3-6-15-27)28-16-7-4-8-17-28;1-2-4-5-3-1;/h3-24H,1-2H3;1-5H;/q;;+2/t24-;;/m1../s1. The maximum absolute atomic E-state index is 14.3. The molecule has 2 saturated carbocycles. The van der Waals surface area contributed by atoms with Gasteiger partial charge in [-0.1, -0.05) is 84.9 Å². The molecule has 43 heavy (non-hydrogen) atoms. The van der Waals surface area contributed by atoms with Crippen LogP contribution in [0, 0.1) is 74.6 Å². The topological polar surface area (TPSA) is 3.24 Å². The van der Waals surface area contributed by atoms with Gasteiger partial charge in [0.25, 0.3) is 0 Å². The maximum atomic E-state index is 14.3. The summed E-state index contributed by atoms with van der Waals surface area (Å²) in [6, 6.07) is 34.7. The number of rotatable bonds is 8. The molecule has 1 atom stereocenters. The summed E-state index contributed by atoms with van der Waals surface area (Å²) >= 11 is 0. The Hall–Kier alpha value is -1.92. The van der Waals surface area contributed by atoms with Gasteiger partial charge in [0.1, 0.15) is 11.6 Å². The minimum absolute atomic E-state index is 0. The van der Waals surface area contributed by atoms with E-state index in [0.29, 0.717) is 0 Å². The van der Waals surface area contributed by atoms with E-state index >= 15 is 0 Å². The Morgan fingerprint density at radius 3 is 1.44 bits per heavy atom. The number of benzene rings is 4. The van der Waals surface area contributed by atoms with Crippen LogP contribution < -0.4 is 21.2 Å². The molecule has 0 N–H and O–H groups in total. The normalized spacial score (nSPS) is 16.3. The zero-order chi connectivity index (χ0) is 29.3. The van der Waals surface area contributed by atoms with Gasteiger partial charge >= 0.3 is 17.1 Å². The van der Waals surface area contributed by atoms with Gasteiger partial charge in [-0.25, -0.2) is 8.78 Å². The van der Waals surface area contributed by atoms with E-state index in [1.165, 1.54) is 34.3 Å². The zero-order valence-electron chi connectivity index (χ0n) is 24.0. The van der Waals surface area contributed by atoms with Crippen LogP contribution in [0.4, 0.5) is 8.78 Å². The van der Waals surface area contributed by atoms with E-state index in [1.807, 2.05) is 44.2 Å². The number of hydrogen-bond donors (Lipinski definition) is 0. The van der Waals surface area contributed by atoms with Gasteiger partial charge < -0.3 is 0 Å². The minimum atomic E-state index is -1.17. The van der Waals surface area contributed by atoms with Crippen LogP contribution in [0.1, 0.15) is 6.92 Å². The summed E-state index contributed by atoms with van der Waals surface area (Å²) in [5.41, 5.74) is 1.31. The summed E-state index contributed by atoms with van der Waals surface area (Å²) in [5.74, 6) is 0.669. The van der Waals surface area contributed by atoms with Gasteiger partial charge in [-0.3, -0.25) is 4.67 Å². The molecule has 6 heteroatoms. The van der Waals surface area contributed by atoms with Crippen LogP contribution in [0.2, 0.25) is 0 Å². The average molecular weight is 647 g/mol. The van der Waals surface area contributed by atoms with Crippen molar-refractivity contribution < 1.29 is 25.8 Å². The fourth-order valence-corrected chi connectivity index (χ4v) is 9.98. The Kier molecular flexibility index (Phi) is 13.4. The van der Waals surface area contributed by atoms with Crippen LogP contribution in [0.15, 0.2) is 109 Å². The fraction of sp³-hybridized carbons (Fsp3) is 0.0811. The third-order valence-electron chi connectivity index (χ3n) is 7.08. The average Bonchev–Trinajstić information content (AvgIpc) is 3.75. The first kappa shape index (κ1) is 34.0. The van der Waals surface area contributed by atoms with Crippen molar-refractivity contribution in [2.45, 2.75) is 13.0 Å². The van der Waals surface area contributed by atoms with Gasteiger partial charge in [0.15, 0.2) is 0 Å². The summed E-state index contributed by atoms with van der Waals surface area (Å²) in [4.78, 5) is 0. The van der Waals surface area contributed by atoms with Crippen LogP contribution >= 0.6 is 16.0 Å². The number of halogens is 2. The molecular weight excluding hydrogens is 614 g/mol. The van der Waals surface area contributed by atoms with E-state index in [2.05, 4.69) is 98.6 Å². The first-order valence-corrected chi connectivity index (χ1v) is 16.5. The van der Waals surface area contributed by atoms with Crippen molar-refractivity contribution >= 4 is 37.2 Å². The SMILES string of the molecule is C[C@H]([C]1[CH][CH][CH][C]1P(c1ccccc1)c1ccccc1)N(C)P(c1cccc(F)c1)c1cccc(F)c1.[CH]1[CH][CH][CH][CH]1.[Fe+2]. The van der Waals surface area contributed by atoms with Crippen molar-refractivity contribution in [2.24, 2.45) is 0 Å². The molecule has 2 aliphatic rings. The van der Waals surface area contributed by atoms with Crippen LogP contribution in [-0.2, 0) is 17.1 Å². The van der Waals surface area contributed by atoms with Crippen LogP contribution in [0.25, 0.3) is 0 Å². The smallest absolute Gasteiger partial charge is 0.274 e. The summed E-state index contributed by atoms with van der Waals surface area (Å²) in [6.07, 6.45) is 16.6. The maximum Gasteiger partial charge on any atom is 2.00 e. The van der Waals surface area contributed by atoms with E-state index in [0.717, 1.165) is 10.6 Å². The summed E-state index contributed by atoms with van der Waals surface area (Å²) in [6.45, 7) is 2.19. The Morgan fingerprint density at radius 2 is 1.00 bits per heavy atom. The van der Waals surface area contributed by atoms with E-state index in [1.54, 1.807) is 24.3 Å². The third kappa shape index (κ3) is 8.84. The van der Waals surface area contributed by atoms with Gasteiger partial charge in [0.05, 0.1) is 0 Å². The predicted molar refractivity (Wildman–Crippen MR) is 176 cm³/mol. The number of nitrogens with zero attached hydrogens (tertiary/aromatic N) is 1. The largest absolute Gasteiger partial charge is 2.00 e. The first-order valence-electron chi connectivity index (χ1n) is 13.9. The molecule has 0 aliphatic heterocycles. The van der Waals surface area contributed by atoms with Gasteiger partial charge in [-0.2, -0.15) is 0 Å². The van der Waals surface area contributed by atoms with Crippen molar-refractivity contribution in [3.63, 3.8) is 0 Å². The van der Waals surface area contributed by atoms with Crippen LogP contribution in [-0.4, -0.2) is 17.8 Å². The predicted octanol–water partition coefficient (Wildman–Crippen LogP) is 7.52. The molecule has 0 aromatic heterocycles. The minimum Gasteiger partial charge on any atom is -0.274 e. The molecule has 0 spiro atoms. The monoisotopic (exact) mass is 647 g/mol. The molecule has 1 nitrogen and oxygen atoms in total. The van der Waals surface area contributed by atoms with Crippen molar-refractivity contribution in [1.29, 1.82) is 0 Å². The van der Waals surface area contributed by atoms with Gasteiger partial charge in [-0.05, 0) is 119 Å². The molecule has 2 fully saturated rings. The molecule has 2 aliphatic carbocycles. The molecule has 0 saturated heterocycles. The van der Waals surface area contributed by atoms with Crippen LogP contribution in [0.3, 0.4) is 0 Å². The Labute approximate surface area is 270 Å². The molecule has 0 heterocycles. The molecule has 0 unspecified atom stereocenters. The molecule has 216 valence electrons. The second-order valence-electron chi connectivity index (χ2n) is 9.86. The quantitative estimate of drug-likeness (QED) is 0.141. The van der Waals surface area contributed by atoms with Crippen molar-refractivity contribution in [3.05, 3.63) is 184 Å². The van der Waals surface area contributed by atoms with E-state index in [9.17, 15) is 8.78 Å². The fourth-order valence-electron chi connectivity index (χ4n) is 4.99.